The normalized spacial score (nSPS) is 9.38. The van der Waals surface area contributed by atoms with Gasteiger partial charge in [0, 0.05) is 14.1 Å². The summed E-state index contributed by atoms with van der Waals surface area (Å²) in [5, 5.41) is 2.44. The smallest absolute Gasteiger partial charge is 0.309 e. The fourth-order valence-corrected chi connectivity index (χ4v) is 0.941. The largest absolute Gasteiger partial charge is 0.363 e. The maximum atomic E-state index is 9.92. The quantitative estimate of drug-likeness (QED) is 0.675. The van der Waals surface area contributed by atoms with Crippen molar-refractivity contribution in [2.24, 2.45) is 0 Å². The Morgan fingerprint density at radius 2 is 2.31 bits per heavy atom. The summed E-state index contributed by atoms with van der Waals surface area (Å²) in [5.41, 5.74) is 0.828. The summed E-state index contributed by atoms with van der Waals surface area (Å²) in [7, 11) is 3.84. The van der Waals surface area contributed by atoms with E-state index in [0.717, 1.165) is 11.5 Å². The van der Waals surface area contributed by atoms with Crippen LogP contribution in [0.3, 0.4) is 0 Å². The maximum absolute atomic E-state index is 9.92. The van der Waals surface area contributed by atoms with Crippen molar-refractivity contribution < 1.29 is 4.79 Å². The van der Waals surface area contributed by atoms with Crippen molar-refractivity contribution in [3.63, 3.8) is 0 Å². The third-order valence-electron chi connectivity index (χ3n) is 1.59. The molecule has 1 rings (SSSR count). The summed E-state index contributed by atoms with van der Waals surface area (Å²) in [5.74, 6) is 0.880. The van der Waals surface area contributed by atoms with Gasteiger partial charge in [0.25, 0.3) is 0 Å². The number of hydrogen-bond acceptors (Lipinski definition) is 3. The Morgan fingerprint density at radius 1 is 1.54 bits per heavy atom. The third kappa shape index (κ3) is 2.74. The van der Waals surface area contributed by atoms with Crippen molar-refractivity contribution >= 4 is 12.2 Å². The Balaban J connectivity index is 2.73. The third-order valence-corrected chi connectivity index (χ3v) is 1.59. The van der Waals surface area contributed by atoms with Crippen molar-refractivity contribution in [3.05, 3.63) is 23.9 Å². The van der Waals surface area contributed by atoms with Crippen LogP contribution in [0.5, 0.6) is 0 Å². The molecule has 0 saturated carbocycles. The number of nitrogens with zero attached hydrogens (tertiary/aromatic N) is 2. The highest BCUT2D eigenvalue weighted by Crippen LogP contribution is 2.07. The van der Waals surface area contributed by atoms with Gasteiger partial charge in [0.1, 0.15) is 5.82 Å². The molecule has 1 heterocycles. The van der Waals surface area contributed by atoms with Crippen molar-refractivity contribution in [1.29, 1.82) is 0 Å². The van der Waals surface area contributed by atoms with Crippen LogP contribution in [0.1, 0.15) is 5.69 Å². The molecule has 4 nitrogen and oxygen atoms in total. The number of hydrogen-bond donors (Lipinski definition) is 1. The van der Waals surface area contributed by atoms with Crippen molar-refractivity contribution in [3.8, 4) is 0 Å². The molecule has 0 aliphatic rings. The zero-order valence-electron chi connectivity index (χ0n) is 7.74. The van der Waals surface area contributed by atoms with Gasteiger partial charge in [-0.25, -0.2) is 4.98 Å². The van der Waals surface area contributed by atoms with Gasteiger partial charge in [-0.05, 0) is 12.1 Å². The standard InChI is InChI=1S/C9H12N3O/c1-12(2)9-5-3-4-8(11-9)6-10-7-13/h3-5H,6H2,1-2H3,(H,10,13). The van der Waals surface area contributed by atoms with Gasteiger partial charge < -0.3 is 10.2 Å². The van der Waals surface area contributed by atoms with Gasteiger partial charge >= 0.3 is 6.41 Å². The molecule has 13 heavy (non-hydrogen) atoms. The van der Waals surface area contributed by atoms with E-state index in [1.54, 1.807) is 6.41 Å². The van der Waals surface area contributed by atoms with Crippen LogP contribution in [0, 0.1) is 0 Å². The van der Waals surface area contributed by atoms with Gasteiger partial charge in [-0.15, -0.1) is 0 Å². The van der Waals surface area contributed by atoms with Gasteiger partial charge in [0.15, 0.2) is 0 Å². The van der Waals surface area contributed by atoms with E-state index in [1.165, 1.54) is 0 Å². The maximum Gasteiger partial charge on any atom is 0.309 e. The van der Waals surface area contributed by atoms with E-state index in [4.69, 9.17) is 0 Å². The molecule has 0 aliphatic heterocycles. The fraction of sp³-hybridized carbons (Fsp3) is 0.333. The Kier molecular flexibility index (Phi) is 3.25. The predicted octanol–water partition coefficient (Wildman–Crippen LogP) is 0.304. The molecule has 0 aliphatic carbocycles. The van der Waals surface area contributed by atoms with Gasteiger partial charge in [0.2, 0.25) is 0 Å². The Morgan fingerprint density at radius 3 is 2.92 bits per heavy atom. The molecule has 1 amide bonds. The predicted molar refractivity (Wildman–Crippen MR) is 51.1 cm³/mol. The molecule has 1 aromatic heterocycles. The van der Waals surface area contributed by atoms with Crippen LogP contribution in [-0.4, -0.2) is 25.5 Å². The van der Waals surface area contributed by atoms with Crippen LogP contribution in [0.25, 0.3) is 0 Å². The first-order valence-electron chi connectivity index (χ1n) is 3.97. The fourth-order valence-electron chi connectivity index (χ4n) is 0.941. The van der Waals surface area contributed by atoms with E-state index in [0.29, 0.717) is 6.54 Å². The molecule has 0 saturated heterocycles. The van der Waals surface area contributed by atoms with Crippen molar-refractivity contribution in [2.75, 3.05) is 19.0 Å². The number of carbonyl (C=O) groups excluding carboxylic acids is 1. The van der Waals surface area contributed by atoms with Crippen LogP contribution in [0.2, 0.25) is 0 Å². The number of aromatic nitrogens is 1. The number of rotatable bonds is 4. The first-order chi connectivity index (χ1) is 6.24. The zero-order chi connectivity index (χ0) is 9.68. The van der Waals surface area contributed by atoms with Crippen LogP contribution in [-0.2, 0) is 11.3 Å². The van der Waals surface area contributed by atoms with Gasteiger partial charge in [-0.1, -0.05) is 6.07 Å². The van der Waals surface area contributed by atoms with E-state index in [-0.39, 0.29) is 0 Å². The zero-order valence-corrected chi connectivity index (χ0v) is 7.74. The second-order valence-corrected chi connectivity index (χ2v) is 2.84. The Hall–Kier alpha value is -1.58. The lowest BCUT2D eigenvalue weighted by Gasteiger charge is -2.11. The minimum atomic E-state index is 0.422. The molecule has 0 atom stereocenters. The van der Waals surface area contributed by atoms with Gasteiger partial charge in [-0.2, -0.15) is 0 Å². The average Bonchev–Trinajstić information content (AvgIpc) is 2.15. The number of anilines is 1. The first-order valence-corrected chi connectivity index (χ1v) is 3.97. The van der Waals surface area contributed by atoms with Crippen LogP contribution < -0.4 is 10.2 Å². The van der Waals surface area contributed by atoms with E-state index in [9.17, 15) is 4.79 Å². The molecular weight excluding hydrogens is 166 g/mol. The molecule has 0 aromatic carbocycles. The first kappa shape index (κ1) is 9.51. The van der Waals surface area contributed by atoms with Crippen molar-refractivity contribution in [2.45, 2.75) is 6.54 Å². The Bertz CT molecular complexity index is 286. The molecule has 1 N–H and O–H groups in total. The summed E-state index contributed by atoms with van der Waals surface area (Å²) in [6.45, 7) is 0.422. The van der Waals surface area contributed by atoms with E-state index >= 15 is 0 Å². The van der Waals surface area contributed by atoms with Gasteiger partial charge in [0.05, 0.1) is 12.2 Å². The van der Waals surface area contributed by atoms with Crippen molar-refractivity contribution in [1.82, 2.24) is 10.3 Å². The summed E-state index contributed by atoms with van der Waals surface area (Å²) < 4.78 is 0. The average molecular weight is 178 g/mol. The number of pyridine rings is 1. The minimum absolute atomic E-state index is 0.422. The topological polar surface area (TPSA) is 45.2 Å². The molecule has 0 unspecified atom stereocenters. The summed E-state index contributed by atoms with van der Waals surface area (Å²) >= 11 is 0. The highest BCUT2D eigenvalue weighted by Gasteiger charge is 1.98. The minimum Gasteiger partial charge on any atom is -0.363 e. The lowest BCUT2D eigenvalue weighted by atomic mass is 10.3. The molecule has 4 heteroatoms. The molecule has 1 radical (unpaired) electrons. The van der Waals surface area contributed by atoms with E-state index < -0.39 is 0 Å². The second kappa shape index (κ2) is 4.45. The van der Waals surface area contributed by atoms with Crippen LogP contribution in [0.4, 0.5) is 5.82 Å². The van der Waals surface area contributed by atoms with E-state index in [1.807, 2.05) is 37.2 Å². The summed E-state index contributed by atoms with van der Waals surface area (Å²) in [4.78, 5) is 16.1. The SMILES string of the molecule is CN(C)c1cccc(CN[C]=O)n1. The molecule has 1 aromatic rings. The van der Waals surface area contributed by atoms with Crippen LogP contribution in [0.15, 0.2) is 18.2 Å². The molecule has 0 fully saturated rings. The van der Waals surface area contributed by atoms with Gasteiger partial charge in [-0.3, -0.25) is 4.79 Å². The molecular formula is C9H12N3O. The lowest BCUT2D eigenvalue weighted by molar-refractivity contribution is 0.541. The monoisotopic (exact) mass is 178 g/mol. The molecule has 69 valence electrons. The highest BCUT2D eigenvalue weighted by atomic mass is 16.1. The summed E-state index contributed by atoms with van der Waals surface area (Å²) in [6, 6.07) is 5.68. The highest BCUT2D eigenvalue weighted by molar-refractivity contribution is 5.47. The molecule has 0 bridgehead atoms. The Labute approximate surface area is 77.6 Å². The lowest BCUT2D eigenvalue weighted by Crippen LogP contribution is -2.14. The second-order valence-electron chi connectivity index (χ2n) is 2.84. The summed E-state index contributed by atoms with van der Waals surface area (Å²) in [6.07, 6.45) is 1.61. The number of amides is 1. The molecule has 0 spiro atoms. The number of nitrogens with one attached hydrogen (secondary N) is 1. The van der Waals surface area contributed by atoms with Crippen LogP contribution >= 0.6 is 0 Å². The van der Waals surface area contributed by atoms with E-state index in [2.05, 4.69) is 10.3 Å².